The minimum absolute atomic E-state index is 0.722. The van der Waals surface area contributed by atoms with Crippen LogP contribution in [0.5, 0.6) is 11.5 Å². The topological polar surface area (TPSA) is 21.3 Å². The predicted molar refractivity (Wildman–Crippen MR) is 91.9 cm³/mol. The van der Waals surface area contributed by atoms with E-state index in [1.807, 2.05) is 31.3 Å². The van der Waals surface area contributed by atoms with E-state index in [-0.39, 0.29) is 0 Å². The third-order valence-electron chi connectivity index (χ3n) is 4.32. The van der Waals surface area contributed by atoms with Crippen molar-refractivity contribution in [3.05, 3.63) is 58.6 Å². The smallest absolute Gasteiger partial charge is 0.131 e. The summed E-state index contributed by atoms with van der Waals surface area (Å²) < 4.78 is 6.04. The van der Waals surface area contributed by atoms with Crippen LogP contribution in [-0.2, 0) is 6.54 Å². The van der Waals surface area contributed by atoms with E-state index < -0.39 is 0 Å². The average molecular weight is 316 g/mol. The molecule has 0 heterocycles. The molecule has 1 N–H and O–H groups in total. The normalized spacial score (nSPS) is 15.2. The Labute approximate surface area is 137 Å². The highest BCUT2D eigenvalue weighted by molar-refractivity contribution is 6.30. The summed E-state index contributed by atoms with van der Waals surface area (Å²) in [7, 11) is 1.97. The third kappa shape index (κ3) is 3.63. The van der Waals surface area contributed by atoms with E-state index >= 15 is 0 Å². The fourth-order valence-electron chi connectivity index (χ4n) is 3.17. The summed E-state index contributed by atoms with van der Waals surface area (Å²) in [4.78, 5) is 0. The van der Waals surface area contributed by atoms with Crippen molar-refractivity contribution < 1.29 is 4.74 Å². The SMILES string of the molecule is CNCc1cc(C2CCCC2)ccc1Oc1ccc(Cl)cc1. The molecule has 2 nitrogen and oxygen atoms in total. The maximum Gasteiger partial charge on any atom is 0.131 e. The molecule has 0 atom stereocenters. The zero-order valence-electron chi connectivity index (χ0n) is 12.9. The van der Waals surface area contributed by atoms with E-state index in [4.69, 9.17) is 16.3 Å². The van der Waals surface area contributed by atoms with Crippen LogP contribution < -0.4 is 10.1 Å². The molecule has 1 aliphatic rings. The average Bonchev–Trinajstić information content (AvgIpc) is 3.06. The Balaban J connectivity index is 1.84. The predicted octanol–water partition coefficient (Wildman–Crippen LogP) is 5.51. The van der Waals surface area contributed by atoms with Gasteiger partial charge >= 0.3 is 0 Å². The Kier molecular flexibility index (Phi) is 5.01. The highest BCUT2D eigenvalue weighted by Gasteiger charge is 2.18. The molecular weight excluding hydrogens is 294 g/mol. The van der Waals surface area contributed by atoms with Gasteiger partial charge in [0.2, 0.25) is 0 Å². The van der Waals surface area contributed by atoms with Crippen molar-refractivity contribution in [2.45, 2.75) is 38.1 Å². The summed E-state index contributed by atoms with van der Waals surface area (Å²) in [6.45, 7) is 0.809. The Bertz CT molecular complexity index is 618. The molecule has 116 valence electrons. The molecule has 0 unspecified atom stereocenters. The summed E-state index contributed by atoms with van der Waals surface area (Å²) in [5, 5.41) is 3.96. The van der Waals surface area contributed by atoms with Crippen molar-refractivity contribution >= 4 is 11.6 Å². The molecule has 0 saturated heterocycles. The van der Waals surface area contributed by atoms with Crippen molar-refractivity contribution in [2.75, 3.05) is 7.05 Å². The highest BCUT2D eigenvalue weighted by atomic mass is 35.5. The van der Waals surface area contributed by atoms with Gasteiger partial charge in [0.1, 0.15) is 11.5 Å². The number of ether oxygens (including phenoxy) is 1. The van der Waals surface area contributed by atoms with Crippen LogP contribution in [0.3, 0.4) is 0 Å². The second-order valence-electron chi connectivity index (χ2n) is 5.93. The second-order valence-corrected chi connectivity index (χ2v) is 6.37. The lowest BCUT2D eigenvalue weighted by Gasteiger charge is -2.16. The number of nitrogens with one attached hydrogen (secondary N) is 1. The van der Waals surface area contributed by atoms with Crippen LogP contribution in [0.1, 0.15) is 42.7 Å². The van der Waals surface area contributed by atoms with Gasteiger partial charge in [-0.25, -0.2) is 0 Å². The van der Waals surface area contributed by atoms with Gasteiger partial charge in [-0.1, -0.05) is 36.6 Å². The largest absolute Gasteiger partial charge is 0.457 e. The lowest BCUT2D eigenvalue weighted by molar-refractivity contribution is 0.473. The lowest BCUT2D eigenvalue weighted by Crippen LogP contribution is -2.07. The summed E-state index contributed by atoms with van der Waals surface area (Å²) in [5.41, 5.74) is 2.66. The molecule has 0 amide bonds. The number of hydrogen-bond donors (Lipinski definition) is 1. The Morgan fingerprint density at radius 3 is 2.50 bits per heavy atom. The van der Waals surface area contributed by atoms with Crippen LogP contribution in [0, 0.1) is 0 Å². The van der Waals surface area contributed by atoms with Gasteiger partial charge < -0.3 is 10.1 Å². The Morgan fingerprint density at radius 2 is 1.82 bits per heavy atom. The summed E-state index contributed by atoms with van der Waals surface area (Å²) in [5.74, 6) is 2.45. The summed E-state index contributed by atoms with van der Waals surface area (Å²) in [6, 6.07) is 14.1. The van der Waals surface area contributed by atoms with Crippen LogP contribution in [-0.4, -0.2) is 7.05 Å². The monoisotopic (exact) mass is 315 g/mol. The van der Waals surface area contributed by atoms with E-state index in [9.17, 15) is 0 Å². The number of hydrogen-bond acceptors (Lipinski definition) is 2. The molecule has 3 rings (SSSR count). The Hall–Kier alpha value is -1.51. The summed E-state index contributed by atoms with van der Waals surface area (Å²) >= 11 is 5.92. The first-order chi connectivity index (χ1) is 10.8. The molecule has 1 saturated carbocycles. The van der Waals surface area contributed by atoms with E-state index in [1.165, 1.54) is 36.8 Å². The van der Waals surface area contributed by atoms with Crippen molar-refractivity contribution in [2.24, 2.45) is 0 Å². The lowest BCUT2D eigenvalue weighted by atomic mass is 9.95. The molecule has 0 aliphatic heterocycles. The molecule has 0 aromatic heterocycles. The van der Waals surface area contributed by atoms with Crippen LogP contribution in [0.2, 0.25) is 5.02 Å². The second kappa shape index (κ2) is 7.17. The molecule has 3 heteroatoms. The standard InChI is InChI=1S/C19H22ClNO/c1-21-13-16-12-15(14-4-2-3-5-14)6-11-19(16)22-18-9-7-17(20)8-10-18/h6-12,14,21H,2-5,13H2,1H3. The van der Waals surface area contributed by atoms with Gasteiger partial charge in [0.15, 0.2) is 0 Å². The van der Waals surface area contributed by atoms with Crippen molar-refractivity contribution in [3.63, 3.8) is 0 Å². The molecule has 1 aliphatic carbocycles. The molecule has 22 heavy (non-hydrogen) atoms. The van der Waals surface area contributed by atoms with Crippen LogP contribution in [0.4, 0.5) is 0 Å². The van der Waals surface area contributed by atoms with Gasteiger partial charge in [0.25, 0.3) is 0 Å². The van der Waals surface area contributed by atoms with Crippen molar-refractivity contribution in [1.29, 1.82) is 0 Å². The number of halogens is 1. The molecule has 0 bridgehead atoms. The molecular formula is C19H22ClNO. The molecule has 1 fully saturated rings. The maximum absolute atomic E-state index is 6.04. The van der Waals surface area contributed by atoms with Crippen LogP contribution >= 0.6 is 11.6 Å². The van der Waals surface area contributed by atoms with E-state index in [0.29, 0.717) is 0 Å². The van der Waals surface area contributed by atoms with Crippen molar-refractivity contribution in [3.8, 4) is 11.5 Å². The first-order valence-corrected chi connectivity index (χ1v) is 8.35. The first-order valence-electron chi connectivity index (χ1n) is 7.97. The number of rotatable bonds is 5. The van der Waals surface area contributed by atoms with Gasteiger partial charge in [0, 0.05) is 17.1 Å². The zero-order valence-corrected chi connectivity index (χ0v) is 13.7. The van der Waals surface area contributed by atoms with E-state index in [1.54, 1.807) is 0 Å². The fourth-order valence-corrected chi connectivity index (χ4v) is 3.30. The van der Waals surface area contributed by atoms with Crippen LogP contribution in [0.15, 0.2) is 42.5 Å². The van der Waals surface area contributed by atoms with E-state index in [0.717, 1.165) is 29.0 Å². The van der Waals surface area contributed by atoms with Crippen LogP contribution in [0.25, 0.3) is 0 Å². The van der Waals surface area contributed by atoms with Gasteiger partial charge in [-0.15, -0.1) is 0 Å². The van der Waals surface area contributed by atoms with Gasteiger partial charge in [0.05, 0.1) is 0 Å². The minimum atomic E-state index is 0.722. The minimum Gasteiger partial charge on any atom is -0.457 e. The zero-order chi connectivity index (χ0) is 15.4. The Morgan fingerprint density at radius 1 is 1.09 bits per heavy atom. The highest BCUT2D eigenvalue weighted by Crippen LogP contribution is 2.36. The van der Waals surface area contributed by atoms with Gasteiger partial charge in [-0.3, -0.25) is 0 Å². The maximum atomic E-state index is 6.04. The number of benzene rings is 2. The summed E-state index contributed by atoms with van der Waals surface area (Å²) in [6.07, 6.45) is 5.34. The molecule has 2 aromatic rings. The quantitative estimate of drug-likeness (QED) is 0.785. The fraction of sp³-hybridized carbons (Fsp3) is 0.368. The van der Waals surface area contributed by atoms with Crippen molar-refractivity contribution in [1.82, 2.24) is 5.32 Å². The third-order valence-corrected chi connectivity index (χ3v) is 4.57. The first kappa shape index (κ1) is 15.4. The molecule has 0 radical (unpaired) electrons. The van der Waals surface area contributed by atoms with E-state index in [2.05, 4.69) is 23.5 Å². The van der Waals surface area contributed by atoms with Gasteiger partial charge in [-0.05, 0) is 61.7 Å². The molecule has 2 aromatic carbocycles. The van der Waals surface area contributed by atoms with Gasteiger partial charge in [-0.2, -0.15) is 0 Å². The molecule has 0 spiro atoms.